The first-order chi connectivity index (χ1) is 6.27. The molecular weight excluding hydrogens is 184 g/mol. The van der Waals surface area contributed by atoms with Crippen molar-refractivity contribution in [2.75, 3.05) is 24.5 Å². The lowest BCUT2D eigenvalue weighted by Gasteiger charge is -2.33. The molecule has 0 spiro atoms. The van der Waals surface area contributed by atoms with Crippen LogP contribution in [0.5, 0.6) is 0 Å². The summed E-state index contributed by atoms with van der Waals surface area (Å²) in [7, 11) is 0. The number of rotatable bonds is 1. The average Bonchev–Trinajstić information content (AvgIpc) is 2.53. The summed E-state index contributed by atoms with van der Waals surface area (Å²) in [4.78, 5) is 6.71. The minimum Gasteiger partial charge on any atom is -0.342 e. The Bertz CT molecular complexity index is 285. The normalized spacial score (nSPS) is 23.5. The Hall–Kier alpha value is -0.680. The number of anilines is 1. The largest absolute Gasteiger partial charge is 0.342 e. The maximum atomic E-state index is 4.39. The second-order valence-corrected chi connectivity index (χ2v) is 4.10. The van der Waals surface area contributed by atoms with Crippen LogP contribution in [0.2, 0.25) is 0 Å². The van der Waals surface area contributed by atoms with E-state index in [1.807, 2.05) is 6.92 Å². The van der Waals surface area contributed by atoms with Crippen molar-refractivity contribution < 1.29 is 0 Å². The predicted molar refractivity (Wildman–Crippen MR) is 54.3 cm³/mol. The quantitative estimate of drug-likeness (QED) is 0.719. The SMILES string of the molecule is Cc1nsc(N2CCNC[C@@H]2C)n1. The number of aromatic nitrogens is 2. The Balaban J connectivity index is 2.14. The summed E-state index contributed by atoms with van der Waals surface area (Å²) in [5.74, 6) is 0.880. The third-order valence-corrected chi connectivity index (χ3v) is 3.11. The third-order valence-electron chi connectivity index (χ3n) is 2.26. The van der Waals surface area contributed by atoms with Gasteiger partial charge >= 0.3 is 0 Å². The summed E-state index contributed by atoms with van der Waals surface area (Å²) in [5, 5.41) is 4.42. The van der Waals surface area contributed by atoms with Gasteiger partial charge in [0.15, 0.2) is 0 Å². The molecule has 72 valence electrons. The zero-order valence-electron chi connectivity index (χ0n) is 7.95. The van der Waals surface area contributed by atoms with Crippen molar-refractivity contribution in [2.24, 2.45) is 0 Å². The molecule has 0 aliphatic carbocycles. The van der Waals surface area contributed by atoms with Crippen LogP contribution in [0.4, 0.5) is 5.13 Å². The molecule has 1 aromatic rings. The summed E-state index contributed by atoms with van der Waals surface area (Å²) < 4.78 is 4.19. The lowest BCUT2D eigenvalue weighted by atomic mass is 10.2. The summed E-state index contributed by atoms with van der Waals surface area (Å²) in [5.41, 5.74) is 0. The van der Waals surface area contributed by atoms with Crippen LogP contribution < -0.4 is 10.2 Å². The third kappa shape index (κ3) is 1.81. The van der Waals surface area contributed by atoms with Crippen molar-refractivity contribution in [1.29, 1.82) is 0 Å². The number of piperazine rings is 1. The summed E-state index contributed by atoms with van der Waals surface area (Å²) in [6.45, 7) is 7.27. The first-order valence-electron chi connectivity index (χ1n) is 4.55. The molecule has 0 amide bonds. The van der Waals surface area contributed by atoms with Crippen molar-refractivity contribution in [1.82, 2.24) is 14.7 Å². The molecule has 0 saturated carbocycles. The topological polar surface area (TPSA) is 41.1 Å². The monoisotopic (exact) mass is 198 g/mol. The first kappa shape index (κ1) is 8.90. The highest BCUT2D eigenvalue weighted by atomic mass is 32.1. The molecule has 1 aliphatic rings. The Kier molecular flexibility index (Phi) is 2.46. The van der Waals surface area contributed by atoms with E-state index in [9.17, 15) is 0 Å². The van der Waals surface area contributed by atoms with Gasteiger partial charge in [0.2, 0.25) is 5.13 Å². The molecule has 0 unspecified atom stereocenters. The lowest BCUT2D eigenvalue weighted by molar-refractivity contribution is 0.500. The molecule has 0 radical (unpaired) electrons. The molecule has 2 rings (SSSR count). The van der Waals surface area contributed by atoms with Crippen LogP contribution in [0, 0.1) is 6.92 Å². The second-order valence-electron chi connectivity index (χ2n) is 3.37. The van der Waals surface area contributed by atoms with E-state index in [0.717, 1.165) is 30.6 Å². The first-order valence-corrected chi connectivity index (χ1v) is 5.32. The Morgan fingerprint density at radius 2 is 2.46 bits per heavy atom. The van der Waals surface area contributed by atoms with Crippen molar-refractivity contribution in [2.45, 2.75) is 19.9 Å². The van der Waals surface area contributed by atoms with Gasteiger partial charge in [-0.1, -0.05) is 0 Å². The fourth-order valence-electron chi connectivity index (χ4n) is 1.53. The standard InChI is InChI=1S/C8H14N4S/c1-6-5-9-3-4-12(6)8-10-7(2)11-13-8/h6,9H,3-5H2,1-2H3/t6-/m0/s1. The summed E-state index contributed by atoms with van der Waals surface area (Å²) in [6, 6.07) is 0.529. The van der Waals surface area contributed by atoms with Gasteiger partial charge in [-0.2, -0.15) is 4.37 Å². The van der Waals surface area contributed by atoms with Gasteiger partial charge < -0.3 is 10.2 Å². The minimum absolute atomic E-state index is 0.529. The maximum Gasteiger partial charge on any atom is 0.205 e. The van der Waals surface area contributed by atoms with Crippen LogP contribution in [-0.4, -0.2) is 35.0 Å². The molecule has 5 heteroatoms. The Labute approximate surface area is 82.1 Å². The van der Waals surface area contributed by atoms with E-state index < -0.39 is 0 Å². The minimum atomic E-state index is 0.529. The van der Waals surface area contributed by atoms with E-state index in [1.165, 1.54) is 11.5 Å². The van der Waals surface area contributed by atoms with E-state index in [0.29, 0.717) is 6.04 Å². The zero-order chi connectivity index (χ0) is 9.26. The van der Waals surface area contributed by atoms with E-state index >= 15 is 0 Å². The van der Waals surface area contributed by atoms with Gasteiger partial charge in [-0.05, 0) is 13.8 Å². The van der Waals surface area contributed by atoms with E-state index in [2.05, 4.69) is 26.5 Å². The number of nitrogens with one attached hydrogen (secondary N) is 1. The number of aryl methyl sites for hydroxylation is 1. The summed E-state index contributed by atoms with van der Waals surface area (Å²) >= 11 is 1.50. The highest BCUT2D eigenvalue weighted by Gasteiger charge is 2.20. The van der Waals surface area contributed by atoms with Crippen LogP contribution >= 0.6 is 11.5 Å². The van der Waals surface area contributed by atoms with Gasteiger partial charge in [0.25, 0.3) is 0 Å². The molecule has 1 N–H and O–H groups in total. The highest BCUT2D eigenvalue weighted by Crippen LogP contribution is 2.19. The molecule has 1 aliphatic heterocycles. The maximum absolute atomic E-state index is 4.39. The highest BCUT2D eigenvalue weighted by molar-refractivity contribution is 7.09. The molecule has 2 heterocycles. The van der Waals surface area contributed by atoms with Gasteiger partial charge in [-0.3, -0.25) is 0 Å². The zero-order valence-corrected chi connectivity index (χ0v) is 8.77. The van der Waals surface area contributed by atoms with Crippen molar-refractivity contribution in [3.63, 3.8) is 0 Å². The van der Waals surface area contributed by atoms with Crippen LogP contribution in [-0.2, 0) is 0 Å². The second kappa shape index (κ2) is 3.59. The molecule has 0 bridgehead atoms. The Morgan fingerprint density at radius 1 is 1.62 bits per heavy atom. The van der Waals surface area contributed by atoms with Crippen LogP contribution in [0.15, 0.2) is 0 Å². The number of hydrogen-bond acceptors (Lipinski definition) is 5. The molecule has 13 heavy (non-hydrogen) atoms. The molecule has 1 aromatic heterocycles. The molecule has 1 fully saturated rings. The van der Waals surface area contributed by atoms with Gasteiger partial charge in [0.05, 0.1) is 0 Å². The fraction of sp³-hybridized carbons (Fsp3) is 0.750. The molecule has 0 aromatic carbocycles. The van der Waals surface area contributed by atoms with Crippen molar-refractivity contribution >= 4 is 16.7 Å². The van der Waals surface area contributed by atoms with Gasteiger partial charge in [-0.15, -0.1) is 0 Å². The van der Waals surface area contributed by atoms with Crippen LogP contribution in [0.1, 0.15) is 12.7 Å². The summed E-state index contributed by atoms with van der Waals surface area (Å²) in [6.07, 6.45) is 0. The smallest absolute Gasteiger partial charge is 0.205 e. The average molecular weight is 198 g/mol. The van der Waals surface area contributed by atoms with Crippen molar-refractivity contribution in [3.8, 4) is 0 Å². The van der Waals surface area contributed by atoms with E-state index in [-0.39, 0.29) is 0 Å². The van der Waals surface area contributed by atoms with Gasteiger partial charge in [0.1, 0.15) is 5.82 Å². The van der Waals surface area contributed by atoms with Gasteiger partial charge in [-0.25, -0.2) is 4.98 Å². The molecule has 4 nitrogen and oxygen atoms in total. The van der Waals surface area contributed by atoms with Crippen LogP contribution in [0.25, 0.3) is 0 Å². The fourth-order valence-corrected chi connectivity index (χ4v) is 2.33. The number of hydrogen-bond donors (Lipinski definition) is 1. The molecular formula is C8H14N4S. The van der Waals surface area contributed by atoms with Gasteiger partial charge in [0, 0.05) is 37.2 Å². The number of nitrogens with zero attached hydrogens (tertiary/aromatic N) is 3. The van der Waals surface area contributed by atoms with E-state index in [4.69, 9.17) is 0 Å². The molecule has 1 saturated heterocycles. The van der Waals surface area contributed by atoms with Crippen LogP contribution in [0.3, 0.4) is 0 Å². The molecule has 1 atom stereocenters. The van der Waals surface area contributed by atoms with Crippen molar-refractivity contribution in [3.05, 3.63) is 5.82 Å². The lowest BCUT2D eigenvalue weighted by Crippen LogP contribution is -2.49. The Morgan fingerprint density at radius 3 is 3.08 bits per heavy atom. The van der Waals surface area contributed by atoms with E-state index in [1.54, 1.807) is 0 Å². The predicted octanol–water partition coefficient (Wildman–Crippen LogP) is 0.645.